The Balaban J connectivity index is 2.53. The zero-order chi connectivity index (χ0) is 15.1. The van der Waals surface area contributed by atoms with Crippen LogP contribution in [0, 0.1) is 19.8 Å². The highest BCUT2D eigenvalue weighted by Gasteiger charge is 2.35. The molecule has 1 aromatic carbocycles. The minimum atomic E-state index is -3.52. The first-order chi connectivity index (χ1) is 9.25. The molecule has 2 rings (SSSR count). The molecule has 1 heterocycles. The average Bonchev–Trinajstić information content (AvgIpc) is 2.37. The van der Waals surface area contributed by atoms with Crippen LogP contribution in [0.4, 0.5) is 5.69 Å². The number of sulfonamides is 1. The fourth-order valence-electron chi connectivity index (χ4n) is 2.85. The van der Waals surface area contributed by atoms with E-state index in [0.29, 0.717) is 23.0 Å². The third-order valence-electron chi connectivity index (χ3n) is 4.24. The fourth-order valence-corrected chi connectivity index (χ4v) is 5.03. The number of nitrogens with zero attached hydrogens (tertiary/aromatic N) is 1. The summed E-state index contributed by atoms with van der Waals surface area (Å²) in [5.74, 6) is 0.396. The lowest BCUT2D eigenvalue weighted by molar-refractivity contribution is 0.218. The molecule has 2 atom stereocenters. The number of anilines is 1. The van der Waals surface area contributed by atoms with E-state index in [9.17, 15) is 8.42 Å². The third kappa shape index (κ3) is 2.56. The Kier molecular flexibility index (Phi) is 4.12. The highest BCUT2D eigenvalue weighted by molar-refractivity contribution is 7.89. The molecule has 5 heteroatoms. The van der Waals surface area contributed by atoms with Gasteiger partial charge in [0.15, 0.2) is 0 Å². The molecule has 0 amide bonds. The van der Waals surface area contributed by atoms with Crippen LogP contribution in [-0.2, 0) is 10.0 Å². The van der Waals surface area contributed by atoms with E-state index in [-0.39, 0.29) is 6.04 Å². The van der Waals surface area contributed by atoms with Gasteiger partial charge in [-0.25, -0.2) is 8.42 Å². The lowest BCUT2D eigenvalue weighted by Crippen LogP contribution is -2.45. The van der Waals surface area contributed by atoms with Gasteiger partial charge in [0.05, 0.1) is 5.69 Å². The summed E-state index contributed by atoms with van der Waals surface area (Å²) in [5, 5.41) is 0. The van der Waals surface area contributed by atoms with Gasteiger partial charge in [0.25, 0.3) is 0 Å². The average molecular weight is 296 g/mol. The maximum atomic E-state index is 13.0. The van der Waals surface area contributed by atoms with Gasteiger partial charge < -0.3 is 5.73 Å². The molecule has 2 unspecified atom stereocenters. The van der Waals surface area contributed by atoms with Crippen molar-refractivity contribution in [3.63, 3.8) is 0 Å². The van der Waals surface area contributed by atoms with E-state index >= 15 is 0 Å². The maximum Gasteiger partial charge on any atom is 0.245 e. The molecule has 1 aliphatic rings. The number of hydrogen-bond donors (Lipinski definition) is 1. The Morgan fingerprint density at radius 2 is 1.75 bits per heavy atom. The number of nitrogens with two attached hydrogens (primary N) is 1. The monoisotopic (exact) mass is 296 g/mol. The first-order valence-electron chi connectivity index (χ1n) is 7.12. The lowest BCUT2D eigenvalue weighted by atomic mass is 9.97. The summed E-state index contributed by atoms with van der Waals surface area (Å²) in [5.41, 5.74) is 7.97. The summed E-state index contributed by atoms with van der Waals surface area (Å²) >= 11 is 0. The smallest absolute Gasteiger partial charge is 0.245 e. The van der Waals surface area contributed by atoms with Gasteiger partial charge in [-0.05, 0) is 50.7 Å². The van der Waals surface area contributed by atoms with Gasteiger partial charge in [0, 0.05) is 12.6 Å². The second-order valence-electron chi connectivity index (χ2n) is 6.05. The van der Waals surface area contributed by atoms with Crippen LogP contribution in [0.3, 0.4) is 0 Å². The molecule has 1 fully saturated rings. The van der Waals surface area contributed by atoms with Crippen molar-refractivity contribution in [1.82, 2.24) is 4.31 Å². The molecular formula is C15H24N2O2S. The number of aryl methyl sites for hydroxylation is 2. The van der Waals surface area contributed by atoms with Gasteiger partial charge in [0.2, 0.25) is 10.0 Å². The number of piperidine rings is 1. The highest BCUT2D eigenvalue weighted by atomic mass is 32.2. The van der Waals surface area contributed by atoms with Gasteiger partial charge in [-0.1, -0.05) is 19.1 Å². The van der Waals surface area contributed by atoms with Gasteiger partial charge in [0.1, 0.15) is 4.90 Å². The summed E-state index contributed by atoms with van der Waals surface area (Å²) in [6, 6.07) is 3.73. The molecule has 0 saturated carbocycles. The van der Waals surface area contributed by atoms with Crippen LogP contribution in [0.2, 0.25) is 0 Å². The second kappa shape index (κ2) is 5.37. The fraction of sp³-hybridized carbons (Fsp3) is 0.600. The van der Waals surface area contributed by atoms with Crippen LogP contribution in [0.15, 0.2) is 17.0 Å². The molecule has 0 spiro atoms. The van der Waals surface area contributed by atoms with Crippen molar-refractivity contribution in [2.75, 3.05) is 12.3 Å². The summed E-state index contributed by atoms with van der Waals surface area (Å²) < 4.78 is 27.6. The van der Waals surface area contributed by atoms with E-state index in [1.54, 1.807) is 11.2 Å². The van der Waals surface area contributed by atoms with Crippen molar-refractivity contribution in [3.8, 4) is 0 Å². The maximum absolute atomic E-state index is 13.0. The lowest BCUT2D eigenvalue weighted by Gasteiger charge is -2.36. The topological polar surface area (TPSA) is 63.4 Å². The van der Waals surface area contributed by atoms with E-state index in [4.69, 9.17) is 5.73 Å². The Bertz CT molecular complexity index is 611. The van der Waals surface area contributed by atoms with Crippen molar-refractivity contribution in [2.24, 2.45) is 5.92 Å². The van der Waals surface area contributed by atoms with Crippen molar-refractivity contribution >= 4 is 15.7 Å². The van der Waals surface area contributed by atoms with Gasteiger partial charge >= 0.3 is 0 Å². The van der Waals surface area contributed by atoms with Gasteiger partial charge in [-0.15, -0.1) is 0 Å². The zero-order valence-corrected chi connectivity index (χ0v) is 13.5. The summed E-state index contributed by atoms with van der Waals surface area (Å²) in [6.07, 6.45) is 1.99. The zero-order valence-electron chi connectivity index (χ0n) is 12.7. The SMILES string of the molecule is Cc1ccc(C)c(S(=O)(=O)N2CC(C)CCC2C)c1N. The van der Waals surface area contributed by atoms with Crippen LogP contribution in [0.1, 0.15) is 37.8 Å². The van der Waals surface area contributed by atoms with Crippen LogP contribution in [0.5, 0.6) is 0 Å². The molecule has 1 aromatic rings. The second-order valence-corrected chi connectivity index (χ2v) is 7.88. The summed E-state index contributed by atoms with van der Waals surface area (Å²) in [4.78, 5) is 0.290. The van der Waals surface area contributed by atoms with Crippen molar-refractivity contribution in [3.05, 3.63) is 23.3 Å². The minimum absolute atomic E-state index is 0.0375. The summed E-state index contributed by atoms with van der Waals surface area (Å²) in [6.45, 7) is 8.30. The molecule has 0 aromatic heterocycles. The highest BCUT2D eigenvalue weighted by Crippen LogP contribution is 2.33. The number of hydrogen-bond acceptors (Lipinski definition) is 3. The molecule has 0 radical (unpaired) electrons. The number of benzene rings is 1. The number of rotatable bonds is 2. The van der Waals surface area contributed by atoms with Crippen LogP contribution < -0.4 is 5.73 Å². The Morgan fingerprint density at radius 1 is 1.15 bits per heavy atom. The predicted octanol–water partition coefficient (Wildman–Crippen LogP) is 2.69. The molecule has 1 saturated heterocycles. The van der Waals surface area contributed by atoms with E-state index in [1.807, 2.05) is 26.0 Å². The van der Waals surface area contributed by atoms with E-state index in [2.05, 4.69) is 6.92 Å². The van der Waals surface area contributed by atoms with E-state index in [0.717, 1.165) is 24.0 Å². The standard InChI is InChI=1S/C15H24N2O2S/c1-10-5-8-13(4)17(9-10)20(18,19)15-12(3)7-6-11(2)14(15)16/h6-7,10,13H,5,8-9,16H2,1-4H3. The van der Waals surface area contributed by atoms with Crippen molar-refractivity contribution in [2.45, 2.75) is 51.5 Å². The number of nitrogen functional groups attached to an aromatic ring is 1. The molecular weight excluding hydrogens is 272 g/mol. The van der Waals surface area contributed by atoms with Crippen LogP contribution in [-0.4, -0.2) is 25.3 Å². The molecule has 2 N–H and O–H groups in total. The molecule has 0 aliphatic carbocycles. The Morgan fingerprint density at radius 3 is 2.40 bits per heavy atom. The molecule has 20 heavy (non-hydrogen) atoms. The van der Waals surface area contributed by atoms with E-state index < -0.39 is 10.0 Å². The van der Waals surface area contributed by atoms with Crippen molar-refractivity contribution in [1.29, 1.82) is 0 Å². The molecule has 1 aliphatic heterocycles. The molecule has 0 bridgehead atoms. The summed E-state index contributed by atoms with van der Waals surface area (Å²) in [7, 11) is -3.52. The van der Waals surface area contributed by atoms with Gasteiger partial charge in [-0.3, -0.25) is 0 Å². The van der Waals surface area contributed by atoms with Crippen LogP contribution in [0.25, 0.3) is 0 Å². The molecule has 112 valence electrons. The normalized spacial score (nSPS) is 24.8. The molecule has 4 nitrogen and oxygen atoms in total. The Hall–Kier alpha value is -1.07. The minimum Gasteiger partial charge on any atom is -0.397 e. The quantitative estimate of drug-likeness (QED) is 0.853. The first-order valence-corrected chi connectivity index (χ1v) is 8.56. The third-order valence-corrected chi connectivity index (χ3v) is 6.42. The largest absolute Gasteiger partial charge is 0.397 e. The van der Waals surface area contributed by atoms with Crippen LogP contribution >= 0.6 is 0 Å². The predicted molar refractivity (Wildman–Crippen MR) is 82.1 cm³/mol. The van der Waals surface area contributed by atoms with Crippen molar-refractivity contribution < 1.29 is 8.42 Å². The first kappa shape index (κ1) is 15.3. The Labute approximate surface area is 122 Å². The van der Waals surface area contributed by atoms with E-state index in [1.165, 1.54) is 0 Å². The van der Waals surface area contributed by atoms with Gasteiger partial charge in [-0.2, -0.15) is 4.31 Å².